The Morgan fingerprint density at radius 1 is 0.889 bits per heavy atom. The molecule has 0 saturated heterocycles. The third kappa shape index (κ3) is 3.52. The highest BCUT2D eigenvalue weighted by atomic mass is 35.5. The van der Waals surface area contributed by atoms with E-state index in [4.69, 9.17) is 11.6 Å². The lowest BCUT2D eigenvalue weighted by molar-refractivity contribution is 0.262. The van der Waals surface area contributed by atoms with Crippen molar-refractivity contribution in [2.24, 2.45) is 0 Å². The summed E-state index contributed by atoms with van der Waals surface area (Å²) in [7, 11) is 0. The molecule has 1 aromatic heterocycles. The zero-order valence-electron chi connectivity index (χ0n) is 14.7. The molecule has 27 heavy (non-hydrogen) atoms. The van der Waals surface area contributed by atoms with Crippen molar-refractivity contribution in [2.75, 3.05) is 10.6 Å². The van der Waals surface area contributed by atoms with Gasteiger partial charge in [0.15, 0.2) is 0 Å². The maximum atomic E-state index is 12.5. The zero-order valence-corrected chi connectivity index (χ0v) is 15.5. The Labute approximate surface area is 162 Å². The van der Waals surface area contributed by atoms with Gasteiger partial charge >= 0.3 is 6.03 Å². The number of H-pyrrole nitrogens is 1. The summed E-state index contributed by atoms with van der Waals surface area (Å²) in [5.74, 6) is 0. The molecule has 3 aromatic carbocycles. The van der Waals surface area contributed by atoms with E-state index in [2.05, 4.69) is 27.8 Å². The van der Waals surface area contributed by atoms with E-state index in [1.165, 1.54) is 0 Å². The van der Waals surface area contributed by atoms with Gasteiger partial charge in [0, 0.05) is 32.9 Å². The Morgan fingerprint density at radius 3 is 2.44 bits per heavy atom. The highest BCUT2D eigenvalue weighted by Crippen LogP contribution is 2.30. The van der Waals surface area contributed by atoms with Crippen LogP contribution in [0, 0.1) is 6.92 Å². The molecule has 0 spiro atoms. The lowest BCUT2D eigenvalue weighted by Gasteiger charge is -2.13. The first kappa shape index (κ1) is 17.2. The van der Waals surface area contributed by atoms with Gasteiger partial charge in [0.1, 0.15) is 0 Å². The van der Waals surface area contributed by atoms with Crippen molar-refractivity contribution < 1.29 is 4.79 Å². The third-order valence-electron chi connectivity index (χ3n) is 4.51. The van der Waals surface area contributed by atoms with Gasteiger partial charge in [-0.2, -0.15) is 0 Å². The molecule has 0 saturated carbocycles. The monoisotopic (exact) mass is 375 g/mol. The number of benzene rings is 3. The van der Waals surface area contributed by atoms with Crippen molar-refractivity contribution in [3.63, 3.8) is 0 Å². The summed E-state index contributed by atoms with van der Waals surface area (Å²) in [6.45, 7) is 1.87. The second-order valence-corrected chi connectivity index (χ2v) is 6.71. The van der Waals surface area contributed by atoms with E-state index in [0.717, 1.165) is 33.4 Å². The Bertz CT molecular complexity index is 1100. The molecule has 3 N–H and O–H groups in total. The van der Waals surface area contributed by atoms with Crippen LogP contribution in [0.3, 0.4) is 0 Å². The Hall–Kier alpha value is -3.24. The SMILES string of the molecule is Cc1c(Cl)cccc1NC(=O)Nc1ccccc1-c1cc2ccccc2[nH]1. The number of aromatic amines is 1. The highest BCUT2D eigenvalue weighted by Gasteiger charge is 2.12. The number of carbonyl (C=O) groups excluding carboxylic acids is 1. The van der Waals surface area contributed by atoms with Crippen LogP contribution in [0.4, 0.5) is 16.2 Å². The predicted molar refractivity (Wildman–Crippen MR) is 113 cm³/mol. The van der Waals surface area contributed by atoms with E-state index in [1.54, 1.807) is 6.07 Å². The summed E-state index contributed by atoms with van der Waals surface area (Å²) < 4.78 is 0. The van der Waals surface area contributed by atoms with Gasteiger partial charge in [-0.1, -0.05) is 54.1 Å². The van der Waals surface area contributed by atoms with E-state index in [-0.39, 0.29) is 6.03 Å². The van der Waals surface area contributed by atoms with Crippen LogP contribution in [0.1, 0.15) is 5.56 Å². The predicted octanol–water partition coefficient (Wildman–Crippen LogP) is 6.44. The number of rotatable bonds is 3. The maximum Gasteiger partial charge on any atom is 0.323 e. The quantitative estimate of drug-likeness (QED) is 0.379. The minimum atomic E-state index is -0.316. The molecule has 1 heterocycles. The fraction of sp³-hybridized carbons (Fsp3) is 0.0455. The summed E-state index contributed by atoms with van der Waals surface area (Å²) in [4.78, 5) is 15.9. The fourth-order valence-electron chi connectivity index (χ4n) is 3.06. The number of fused-ring (bicyclic) bond motifs is 1. The van der Waals surface area contributed by atoms with Gasteiger partial charge in [-0.3, -0.25) is 0 Å². The Kier molecular flexibility index (Phi) is 4.57. The minimum Gasteiger partial charge on any atom is -0.354 e. The Balaban J connectivity index is 1.61. The number of nitrogens with one attached hydrogen (secondary N) is 3. The smallest absolute Gasteiger partial charge is 0.323 e. The molecule has 0 aliphatic carbocycles. The van der Waals surface area contributed by atoms with Gasteiger partial charge < -0.3 is 15.6 Å². The normalized spacial score (nSPS) is 10.7. The molecular formula is C22H18ClN3O. The number of para-hydroxylation sites is 2. The van der Waals surface area contributed by atoms with E-state index in [1.807, 2.05) is 61.5 Å². The molecule has 4 aromatic rings. The first-order valence-corrected chi connectivity index (χ1v) is 9.00. The van der Waals surface area contributed by atoms with Crippen LogP contribution in [0.2, 0.25) is 5.02 Å². The van der Waals surface area contributed by atoms with Crippen LogP contribution < -0.4 is 10.6 Å². The average molecular weight is 376 g/mol. The minimum absolute atomic E-state index is 0.316. The second kappa shape index (κ2) is 7.17. The molecule has 0 bridgehead atoms. The van der Waals surface area contributed by atoms with Crippen molar-refractivity contribution in [1.29, 1.82) is 0 Å². The molecule has 0 aliphatic heterocycles. The van der Waals surface area contributed by atoms with Crippen LogP contribution in [-0.4, -0.2) is 11.0 Å². The molecule has 134 valence electrons. The van der Waals surface area contributed by atoms with Crippen LogP contribution in [0.25, 0.3) is 22.2 Å². The van der Waals surface area contributed by atoms with Crippen molar-refractivity contribution in [1.82, 2.24) is 4.98 Å². The fourth-order valence-corrected chi connectivity index (χ4v) is 3.24. The molecule has 0 unspecified atom stereocenters. The summed E-state index contributed by atoms with van der Waals surface area (Å²) in [5.41, 5.74) is 5.17. The number of urea groups is 1. The molecule has 0 radical (unpaired) electrons. The zero-order chi connectivity index (χ0) is 18.8. The summed E-state index contributed by atoms with van der Waals surface area (Å²) in [5, 5.41) is 7.54. The first-order chi connectivity index (χ1) is 13.1. The molecule has 0 aliphatic rings. The van der Waals surface area contributed by atoms with Crippen LogP contribution in [-0.2, 0) is 0 Å². The molecular weight excluding hydrogens is 358 g/mol. The van der Waals surface area contributed by atoms with Crippen molar-refractivity contribution in [3.8, 4) is 11.3 Å². The number of hydrogen-bond donors (Lipinski definition) is 3. The standard InChI is InChI=1S/C22H18ClN3O/c1-14-17(23)9-6-12-18(14)25-22(27)26-20-11-5-3-8-16(20)21-13-15-7-2-4-10-19(15)24-21/h2-13,24H,1H3,(H2,25,26,27). The molecule has 2 amide bonds. The molecule has 4 rings (SSSR count). The number of halogens is 1. The number of amides is 2. The lowest BCUT2D eigenvalue weighted by atomic mass is 10.1. The van der Waals surface area contributed by atoms with Crippen molar-refractivity contribution >= 4 is 39.9 Å². The number of carbonyl (C=O) groups is 1. The van der Waals surface area contributed by atoms with E-state index in [9.17, 15) is 4.79 Å². The second-order valence-electron chi connectivity index (χ2n) is 6.31. The van der Waals surface area contributed by atoms with Gasteiger partial charge in [-0.15, -0.1) is 0 Å². The van der Waals surface area contributed by atoms with Crippen molar-refractivity contribution in [2.45, 2.75) is 6.92 Å². The Morgan fingerprint density at radius 2 is 1.59 bits per heavy atom. The highest BCUT2D eigenvalue weighted by molar-refractivity contribution is 6.31. The van der Waals surface area contributed by atoms with Crippen LogP contribution in [0.5, 0.6) is 0 Å². The lowest BCUT2D eigenvalue weighted by Crippen LogP contribution is -2.20. The van der Waals surface area contributed by atoms with Gasteiger partial charge in [0.2, 0.25) is 0 Å². The molecule has 0 atom stereocenters. The average Bonchev–Trinajstić information content (AvgIpc) is 3.10. The van der Waals surface area contributed by atoms with E-state index >= 15 is 0 Å². The van der Waals surface area contributed by atoms with Gasteiger partial charge in [0.25, 0.3) is 0 Å². The molecule has 4 nitrogen and oxygen atoms in total. The van der Waals surface area contributed by atoms with Gasteiger partial charge in [-0.05, 0) is 42.8 Å². The van der Waals surface area contributed by atoms with Crippen LogP contribution >= 0.6 is 11.6 Å². The molecule has 0 fully saturated rings. The third-order valence-corrected chi connectivity index (χ3v) is 4.92. The van der Waals surface area contributed by atoms with E-state index in [0.29, 0.717) is 10.7 Å². The number of aromatic nitrogens is 1. The van der Waals surface area contributed by atoms with Crippen molar-refractivity contribution in [3.05, 3.63) is 83.4 Å². The largest absolute Gasteiger partial charge is 0.354 e. The number of hydrogen-bond acceptors (Lipinski definition) is 1. The molecule has 5 heteroatoms. The summed E-state index contributed by atoms with van der Waals surface area (Å²) in [6.07, 6.45) is 0. The summed E-state index contributed by atoms with van der Waals surface area (Å²) in [6, 6.07) is 23.0. The topological polar surface area (TPSA) is 56.9 Å². The summed E-state index contributed by atoms with van der Waals surface area (Å²) >= 11 is 6.13. The number of anilines is 2. The van der Waals surface area contributed by atoms with E-state index < -0.39 is 0 Å². The van der Waals surface area contributed by atoms with Gasteiger partial charge in [0.05, 0.1) is 5.69 Å². The maximum absolute atomic E-state index is 12.5. The van der Waals surface area contributed by atoms with Crippen LogP contribution in [0.15, 0.2) is 72.8 Å². The first-order valence-electron chi connectivity index (χ1n) is 8.62. The van der Waals surface area contributed by atoms with Gasteiger partial charge in [-0.25, -0.2) is 4.79 Å².